The van der Waals surface area contributed by atoms with Gasteiger partial charge in [0.2, 0.25) is 0 Å². The summed E-state index contributed by atoms with van der Waals surface area (Å²) in [5.41, 5.74) is 1.87. The van der Waals surface area contributed by atoms with Crippen molar-refractivity contribution >= 4 is 11.0 Å². The molecule has 0 N–H and O–H groups in total. The Morgan fingerprint density at radius 3 is 2.18 bits per heavy atom. The molecule has 0 saturated heterocycles. The zero-order valence-corrected chi connectivity index (χ0v) is 6.23. The Bertz CT molecular complexity index is 331. The Morgan fingerprint density at radius 2 is 1.73 bits per heavy atom. The molecule has 1 heterocycles. The van der Waals surface area contributed by atoms with Crippen molar-refractivity contribution in [3.8, 4) is 0 Å². The van der Waals surface area contributed by atoms with E-state index in [2.05, 4.69) is 10.2 Å². The molecule has 0 saturated carbocycles. The van der Waals surface area contributed by atoms with Crippen LogP contribution in [0.25, 0.3) is 11.0 Å². The van der Waals surface area contributed by atoms with Crippen LogP contribution in [0.5, 0.6) is 0 Å². The third-order valence-corrected chi connectivity index (χ3v) is 1.53. The van der Waals surface area contributed by atoms with Gasteiger partial charge in [-0.1, -0.05) is 12.1 Å². The third-order valence-electron chi connectivity index (χ3n) is 1.53. The van der Waals surface area contributed by atoms with Crippen molar-refractivity contribution in [1.29, 1.82) is 0 Å². The number of aromatic nitrogens is 3. The van der Waals surface area contributed by atoms with E-state index in [9.17, 15) is 0 Å². The monoisotopic (exact) mass is 146 g/mol. The molecule has 0 bridgehead atoms. The lowest BCUT2D eigenvalue weighted by Crippen LogP contribution is -1.94. The largest absolute Gasteiger partial charge is 0.179 e. The first kappa shape index (κ1) is 6.34. The van der Waals surface area contributed by atoms with Gasteiger partial charge in [0, 0.05) is 0 Å². The highest BCUT2D eigenvalue weighted by Crippen LogP contribution is 2.06. The minimum atomic E-state index is 0.936. The van der Waals surface area contributed by atoms with Crippen molar-refractivity contribution < 1.29 is 0 Å². The van der Waals surface area contributed by atoms with E-state index in [1.54, 1.807) is 4.80 Å². The summed E-state index contributed by atoms with van der Waals surface area (Å²) in [6, 6.07) is 7.80. The molecule has 0 atom stereocenters. The first-order chi connectivity index (χ1) is 5.40. The average molecular weight is 146 g/mol. The second kappa shape index (κ2) is 2.34. The van der Waals surface area contributed by atoms with Crippen molar-refractivity contribution in [2.75, 3.05) is 0 Å². The van der Waals surface area contributed by atoms with Gasteiger partial charge in [-0.15, -0.1) is 0 Å². The van der Waals surface area contributed by atoms with E-state index >= 15 is 0 Å². The summed E-state index contributed by atoms with van der Waals surface area (Å²) < 4.78 is 0. The van der Waals surface area contributed by atoms with Crippen LogP contribution in [0.1, 0.15) is 6.92 Å². The van der Waals surface area contributed by atoms with Crippen LogP contribution in [0, 0.1) is 6.54 Å². The van der Waals surface area contributed by atoms with E-state index < -0.39 is 0 Å². The van der Waals surface area contributed by atoms with Gasteiger partial charge in [0.1, 0.15) is 11.0 Å². The van der Waals surface area contributed by atoms with Gasteiger partial charge in [0.05, 0.1) is 6.54 Å². The van der Waals surface area contributed by atoms with Crippen molar-refractivity contribution in [2.24, 2.45) is 0 Å². The van der Waals surface area contributed by atoms with Gasteiger partial charge < -0.3 is 0 Å². The number of hydrogen-bond acceptors (Lipinski definition) is 2. The highest BCUT2D eigenvalue weighted by molar-refractivity contribution is 5.72. The molecular weight excluding hydrogens is 138 g/mol. The molecule has 1 aromatic heterocycles. The highest BCUT2D eigenvalue weighted by atomic mass is 15.5. The molecule has 0 unspecified atom stereocenters. The summed E-state index contributed by atoms with van der Waals surface area (Å²) in [5.74, 6) is 0. The minimum absolute atomic E-state index is 0.936. The van der Waals surface area contributed by atoms with Crippen LogP contribution in [0.3, 0.4) is 0 Å². The number of fused-ring (bicyclic) bond motifs is 1. The van der Waals surface area contributed by atoms with Crippen LogP contribution >= 0.6 is 0 Å². The van der Waals surface area contributed by atoms with Crippen LogP contribution < -0.4 is 0 Å². The number of hydrogen-bond donors (Lipinski definition) is 0. The molecule has 11 heavy (non-hydrogen) atoms. The summed E-state index contributed by atoms with van der Waals surface area (Å²) in [6.45, 7) is 3.72. The van der Waals surface area contributed by atoms with Gasteiger partial charge >= 0.3 is 0 Å². The van der Waals surface area contributed by atoms with E-state index in [4.69, 9.17) is 0 Å². The number of rotatable bonds is 1. The van der Waals surface area contributed by atoms with E-state index in [0.717, 1.165) is 11.0 Å². The van der Waals surface area contributed by atoms with Gasteiger partial charge in [-0.25, -0.2) is 0 Å². The van der Waals surface area contributed by atoms with E-state index in [0.29, 0.717) is 0 Å². The lowest BCUT2D eigenvalue weighted by molar-refractivity contribution is 0.704. The fourth-order valence-electron chi connectivity index (χ4n) is 0.992. The Kier molecular flexibility index (Phi) is 1.35. The summed E-state index contributed by atoms with van der Waals surface area (Å²) in [5, 5.41) is 8.36. The van der Waals surface area contributed by atoms with Gasteiger partial charge in [-0.2, -0.15) is 15.0 Å². The molecule has 0 spiro atoms. The molecule has 55 valence electrons. The highest BCUT2D eigenvalue weighted by Gasteiger charge is 1.97. The van der Waals surface area contributed by atoms with Gasteiger partial charge in [-0.3, -0.25) is 0 Å². The lowest BCUT2D eigenvalue weighted by atomic mass is 10.3. The zero-order chi connectivity index (χ0) is 7.68. The Balaban J connectivity index is 2.69. The zero-order valence-electron chi connectivity index (χ0n) is 6.23. The maximum atomic E-state index is 4.18. The first-order valence-corrected chi connectivity index (χ1v) is 3.51. The average Bonchev–Trinajstić information content (AvgIpc) is 2.46. The maximum Gasteiger partial charge on any atom is 0.113 e. The molecule has 0 amide bonds. The minimum Gasteiger partial charge on any atom is -0.179 e. The van der Waals surface area contributed by atoms with Crippen LogP contribution in [-0.4, -0.2) is 15.0 Å². The maximum absolute atomic E-state index is 4.18. The molecular formula is C8H8N3. The molecule has 1 aromatic carbocycles. The molecule has 0 fully saturated rings. The molecule has 2 rings (SSSR count). The Labute approximate surface area is 64.6 Å². The molecule has 1 radical (unpaired) electrons. The third kappa shape index (κ3) is 0.981. The summed E-state index contributed by atoms with van der Waals surface area (Å²) >= 11 is 0. The standard InChI is InChI=1S/C8H8N3/c1-2-11-9-7-5-3-4-6-8(7)10-11/h2-6H,1H3. The lowest BCUT2D eigenvalue weighted by Gasteiger charge is -1.85. The Hall–Kier alpha value is -1.38. The molecule has 0 aliphatic heterocycles. The smallest absolute Gasteiger partial charge is 0.113 e. The quantitative estimate of drug-likeness (QED) is 0.609. The molecule has 0 aliphatic carbocycles. The molecule has 2 aromatic rings. The summed E-state index contributed by atoms with van der Waals surface area (Å²) in [7, 11) is 0. The predicted octanol–water partition coefficient (Wildman–Crippen LogP) is 1.46. The van der Waals surface area contributed by atoms with Gasteiger partial charge in [-0.05, 0) is 19.1 Å². The summed E-state index contributed by atoms with van der Waals surface area (Å²) in [4.78, 5) is 1.57. The predicted molar refractivity (Wildman–Crippen MR) is 42.9 cm³/mol. The van der Waals surface area contributed by atoms with Gasteiger partial charge in [0.25, 0.3) is 0 Å². The van der Waals surface area contributed by atoms with Crippen molar-refractivity contribution in [3.05, 3.63) is 30.8 Å². The second-order valence-electron chi connectivity index (χ2n) is 2.27. The topological polar surface area (TPSA) is 30.7 Å². The number of benzene rings is 1. The van der Waals surface area contributed by atoms with Crippen LogP contribution in [-0.2, 0) is 0 Å². The first-order valence-electron chi connectivity index (χ1n) is 3.51. The van der Waals surface area contributed by atoms with E-state index in [1.165, 1.54) is 0 Å². The molecule has 0 aliphatic rings. The SMILES string of the molecule is C[CH]n1nc2ccccc2n1. The van der Waals surface area contributed by atoms with Crippen LogP contribution in [0.15, 0.2) is 24.3 Å². The Morgan fingerprint density at radius 1 is 1.18 bits per heavy atom. The van der Waals surface area contributed by atoms with Crippen molar-refractivity contribution in [3.63, 3.8) is 0 Å². The normalized spacial score (nSPS) is 10.6. The van der Waals surface area contributed by atoms with Crippen LogP contribution in [0.2, 0.25) is 0 Å². The van der Waals surface area contributed by atoms with Gasteiger partial charge in [0.15, 0.2) is 0 Å². The second-order valence-corrected chi connectivity index (χ2v) is 2.27. The summed E-state index contributed by atoms with van der Waals surface area (Å²) in [6.07, 6.45) is 0. The van der Waals surface area contributed by atoms with Crippen molar-refractivity contribution in [1.82, 2.24) is 15.0 Å². The fraction of sp³-hybridized carbons (Fsp3) is 0.125. The molecule has 3 heteroatoms. The van der Waals surface area contributed by atoms with E-state index in [1.807, 2.05) is 37.7 Å². The van der Waals surface area contributed by atoms with E-state index in [-0.39, 0.29) is 0 Å². The fourth-order valence-corrected chi connectivity index (χ4v) is 0.992. The number of nitrogens with zero attached hydrogens (tertiary/aromatic N) is 3. The molecule has 3 nitrogen and oxygen atoms in total. The van der Waals surface area contributed by atoms with Crippen molar-refractivity contribution in [2.45, 2.75) is 6.92 Å². The van der Waals surface area contributed by atoms with Crippen LogP contribution in [0.4, 0.5) is 0 Å².